The first kappa shape index (κ1) is 26.2. The molecule has 0 aromatic heterocycles. The monoisotopic (exact) mass is 513 g/mol. The van der Waals surface area contributed by atoms with Crippen LogP contribution in [-0.4, -0.2) is 36.1 Å². The fourth-order valence-corrected chi connectivity index (χ4v) is 6.61. The molecule has 0 spiro atoms. The topological polar surface area (TPSA) is 70.7 Å². The maximum absolute atomic E-state index is 12.6. The van der Waals surface area contributed by atoms with Crippen LogP contribution < -0.4 is 10.6 Å². The Kier molecular flexibility index (Phi) is 7.19. The van der Waals surface area contributed by atoms with Crippen LogP contribution in [0, 0.1) is 17.3 Å². The molecule has 2 fully saturated rings. The number of amides is 2. The lowest BCUT2D eigenvalue weighted by Gasteiger charge is -2.61. The number of allylic oxidation sites excluding steroid dienone is 1. The zero-order valence-electron chi connectivity index (χ0n) is 22.9. The van der Waals surface area contributed by atoms with Crippen molar-refractivity contribution in [2.24, 2.45) is 17.3 Å². The van der Waals surface area contributed by atoms with Gasteiger partial charge >= 0.3 is 6.09 Å². The van der Waals surface area contributed by atoms with E-state index in [1.165, 1.54) is 37.3 Å². The highest BCUT2D eigenvalue weighted by molar-refractivity contribution is 6.05. The number of hydrogen-bond donors (Lipinski definition) is 2. The molecule has 6 rings (SSSR count). The lowest BCUT2D eigenvalue weighted by molar-refractivity contribution is -0.111. The number of para-hydroxylation sites is 2. The Balaban J connectivity index is 1.13. The summed E-state index contributed by atoms with van der Waals surface area (Å²) in [6.07, 6.45) is 10.8. The van der Waals surface area contributed by atoms with E-state index in [2.05, 4.69) is 40.8 Å². The minimum absolute atomic E-state index is 0.276. The van der Waals surface area contributed by atoms with Crippen LogP contribution in [0.2, 0.25) is 0 Å². The van der Waals surface area contributed by atoms with E-state index in [0.29, 0.717) is 16.8 Å². The van der Waals surface area contributed by atoms with Crippen LogP contribution in [0.25, 0.3) is 6.08 Å². The van der Waals surface area contributed by atoms with Gasteiger partial charge in [0.2, 0.25) is 5.91 Å². The maximum Gasteiger partial charge on any atom is 0.412 e. The average molecular weight is 514 g/mol. The highest BCUT2D eigenvalue weighted by atomic mass is 16.6. The molecule has 200 valence electrons. The van der Waals surface area contributed by atoms with Gasteiger partial charge in [0, 0.05) is 24.6 Å². The van der Waals surface area contributed by atoms with E-state index in [4.69, 9.17) is 4.74 Å². The summed E-state index contributed by atoms with van der Waals surface area (Å²) in [7, 11) is 2.23. The quantitative estimate of drug-likeness (QED) is 0.299. The van der Waals surface area contributed by atoms with Gasteiger partial charge in [0.1, 0.15) is 5.60 Å². The number of rotatable bonds is 8. The molecule has 2 amide bonds. The zero-order chi connectivity index (χ0) is 26.9. The number of carbonyl (C=O) groups excluding carboxylic acids is 2. The van der Waals surface area contributed by atoms with E-state index >= 15 is 0 Å². The third kappa shape index (κ3) is 6.02. The number of nitrogens with one attached hydrogen (secondary N) is 2. The summed E-state index contributed by atoms with van der Waals surface area (Å²) in [4.78, 5) is 27.2. The van der Waals surface area contributed by atoms with E-state index in [-0.39, 0.29) is 5.91 Å². The molecule has 0 saturated heterocycles. The highest BCUT2D eigenvalue weighted by Crippen LogP contribution is 2.65. The molecule has 4 aliphatic rings. The Labute approximate surface area is 226 Å². The van der Waals surface area contributed by atoms with Crippen molar-refractivity contribution in [2.75, 3.05) is 24.2 Å². The molecule has 6 nitrogen and oxygen atoms in total. The third-order valence-corrected chi connectivity index (χ3v) is 7.91. The SMILES string of the molecule is CN(Cc1ccc(/C=C/C(=O)Nc2ccccc2NC(=O)OC(C)(C)C)cc1)CC12CC3CC=C1C(C3)C2. The standard InChI is InChI=1S/C32H39N3O3/c1-31(2,3)38-30(37)34-28-8-6-5-7-27(28)33-29(36)16-14-22-9-11-23(12-10-22)20-35(4)21-32-18-24-13-15-26(32)25(17-24)19-32/h5-12,14-16,24-25H,13,17-21H2,1-4H3,(H,33,36)(H,34,37)/b16-14+. The number of carbonyl (C=O) groups is 2. The van der Waals surface area contributed by atoms with E-state index in [9.17, 15) is 9.59 Å². The molecule has 0 aliphatic heterocycles. The molecule has 0 heterocycles. The van der Waals surface area contributed by atoms with Crippen molar-refractivity contribution < 1.29 is 14.3 Å². The van der Waals surface area contributed by atoms with Crippen molar-refractivity contribution in [1.29, 1.82) is 0 Å². The van der Waals surface area contributed by atoms with E-state index in [0.717, 1.165) is 30.5 Å². The number of hydrogen-bond acceptors (Lipinski definition) is 4. The predicted molar refractivity (Wildman–Crippen MR) is 153 cm³/mol. The molecule has 2 saturated carbocycles. The van der Waals surface area contributed by atoms with Crippen LogP contribution in [0.5, 0.6) is 0 Å². The van der Waals surface area contributed by atoms with Gasteiger partial charge < -0.3 is 15.0 Å². The second kappa shape index (κ2) is 10.4. The first-order valence-electron chi connectivity index (χ1n) is 13.6. The Morgan fingerprint density at radius 1 is 1.05 bits per heavy atom. The fourth-order valence-electron chi connectivity index (χ4n) is 6.61. The molecule has 6 heteroatoms. The normalized spacial score (nSPS) is 23.7. The number of anilines is 2. The largest absolute Gasteiger partial charge is 0.444 e. The predicted octanol–water partition coefficient (Wildman–Crippen LogP) is 6.86. The van der Waals surface area contributed by atoms with E-state index < -0.39 is 11.7 Å². The molecule has 3 unspecified atom stereocenters. The average Bonchev–Trinajstić information content (AvgIpc) is 2.83. The van der Waals surface area contributed by atoms with Gasteiger partial charge in [-0.05, 0) is 94.7 Å². The molecule has 2 aromatic carbocycles. The smallest absolute Gasteiger partial charge is 0.412 e. The Bertz CT molecular complexity index is 1260. The summed E-state index contributed by atoms with van der Waals surface area (Å²) in [5.41, 5.74) is 4.83. The van der Waals surface area contributed by atoms with Crippen LogP contribution in [0.3, 0.4) is 0 Å². The van der Waals surface area contributed by atoms with E-state index in [1.54, 1.807) is 56.7 Å². The molecule has 0 radical (unpaired) electrons. The first-order chi connectivity index (χ1) is 18.1. The van der Waals surface area contributed by atoms with Gasteiger partial charge in [-0.15, -0.1) is 0 Å². The van der Waals surface area contributed by atoms with Crippen molar-refractivity contribution in [2.45, 2.75) is 58.6 Å². The van der Waals surface area contributed by atoms with Crippen molar-refractivity contribution >= 4 is 29.5 Å². The van der Waals surface area contributed by atoms with Crippen molar-refractivity contribution in [1.82, 2.24) is 4.90 Å². The molecular weight excluding hydrogens is 474 g/mol. The van der Waals surface area contributed by atoms with Crippen LogP contribution >= 0.6 is 0 Å². The highest BCUT2D eigenvalue weighted by Gasteiger charge is 2.56. The Morgan fingerprint density at radius 2 is 1.76 bits per heavy atom. The van der Waals surface area contributed by atoms with Gasteiger partial charge in [-0.2, -0.15) is 0 Å². The van der Waals surface area contributed by atoms with Gasteiger partial charge in [-0.25, -0.2) is 4.79 Å². The van der Waals surface area contributed by atoms with Crippen LogP contribution in [0.1, 0.15) is 57.6 Å². The second-order valence-corrected chi connectivity index (χ2v) is 12.3. The fraction of sp³-hybridized carbons (Fsp3) is 0.438. The summed E-state index contributed by atoms with van der Waals surface area (Å²) in [5.74, 6) is 1.52. The van der Waals surface area contributed by atoms with Gasteiger partial charge in [-0.1, -0.05) is 48.0 Å². The molecule has 2 aromatic rings. The summed E-state index contributed by atoms with van der Waals surface area (Å²) in [5, 5.41) is 5.54. The van der Waals surface area contributed by atoms with Crippen LogP contribution in [0.4, 0.5) is 16.2 Å². The first-order valence-corrected chi connectivity index (χ1v) is 13.6. The molecule has 38 heavy (non-hydrogen) atoms. The maximum atomic E-state index is 12.6. The van der Waals surface area contributed by atoms with Gasteiger partial charge in [0.15, 0.2) is 0 Å². The Morgan fingerprint density at radius 3 is 2.39 bits per heavy atom. The lowest BCUT2D eigenvalue weighted by atomic mass is 9.45. The number of benzene rings is 2. The van der Waals surface area contributed by atoms with Crippen molar-refractivity contribution in [3.63, 3.8) is 0 Å². The molecule has 4 aliphatic carbocycles. The minimum atomic E-state index is -0.608. The lowest BCUT2D eigenvalue weighted by Crippen LogP contribution is -2.54. The minimum Gasteiger partial charge on any atom is -0.444 e. The van der Waals surface area contributed by atoms with E-state index in [1.807, 2.05) is 12.1 Å². The summed E-state index contributed by atoms with van der Waals surface area (Å²) < 4.78 is 5.31. The zero-order valence-corrected chi connectivity index (χ0v) is 22.9. The molecule has 2 N–H and O–H groups in total. The molecule has 4 bridgehead atoms. The second-order valence-electron chi connectivity index (χ2n) is 12.3. The number of ether oxygens (including phenoxy) is 1. The van der Waals surface area contributed by atoms with Gasteiger partial charge in [0.25, 0.3) is 0 Å². The van der Waals surface area contributed by atoms with Crippen molar-refractivity contribution in [3.8, 4) is 0 Å². The summed E-state index contributed by atoms with van der Waals surface area (Å²) >= 11 is 0. The summed E-state index contributed by atoms with van der Waals surface area (Å²) in [6.45, 7) is 7.48. The molecular formula is C32H39N3O3. The number of fused-ring (bicyclic) bond motifs is 1. The van der Waals surface area contributed by atoms with Crippen LogP contribution in [-0.2, 0) is 16.1 Å². The third-order valence-electron chi connectivity index (χ3n) is 7.91. The van der Waals surface area contributed by atoms with Crippen LogP contribution in [0.15, 0.2) is 66.3 Å². The summed E-state index contributed by atoms with van der Waals surface area (Å²) in [6, 6.07) is 15.4. The molecule has 3 atom stereocenters. The van der Waals surface area contributed by atoms with Gasteiger partial charge in [-0.3, -0.25) is 10.1 Å². The Hall–Kier alpha value is -3.38. The van der Waals surface area contributed by atoms with Gasteiger partial charge in [0.05, 0.1) is 11.4 Å². The number of nitrogens with zero attached hydrogens (tertiary/aromatic N) is 1. The van der Waals surface area contributed by atoms with Crippen molar-refractivity contribution in [3.05, 3.63) is 77.4 Å².